The van der Waals surface area contributed by atoms with E-state index >= 15 is 0 Å². The number of urea groups is 1. The molecule has 2 saturated heterocycles. The summed E-state index contributed by atoms with van der Waals surface area (Å²) >= 11 is 0. The van der Waals surface area contributed by atoms with Gasteiger partial charge in [0.05, 0.1) is 0 Å². The summed E-state index contributed by atoms with van der Waals surface area (Å²) in [7, 11) is 0. The molecular formula is C11H20ClN3O2. The molecule has 17 heavy (non-hydrogen) atoms. The van der Waals surface area contributed by atoms with Crippen LogP contribution in [0.4, 0.5) is 4.79 Å². The molecule has 0 saturated carbocycles. The van der Waals surface area contributed by atoms with Crippen LogP contribution in [0, 0.1) is 5.92 Å². The van der Waals surface area contributed by atoms with E-state index < -0.39 is 0 Å². The Kier molecular flexibility index (Phi) is 5.21. The minimum atomic E-state index is -0.282. The van der Waals surface area contributed by atoms with Gasteiger partial charge in [-0.15, -0.1) is 12.4 Å². The second kappa shape index (κ2) is 6.21. The first-order chi connectivity index (χ1) is 7.72. The fraction of sp³-hybridized carbons (Fsp3) is 0.818. The van der Waals surface area contributed by atoms with Crippen LogP contribution in [0.25, 0.3) is 0 Å². The zero-order valence-corrected chi connectivity index (χ0v) is 10.9. The molecule has 0 aromatic rings. The lowest BCUT2D eigenvalue weighted by Crippen LogP contribution is -2.35. The van der Waals surface area contributed by atoms with Gasteiger partial charge in [-0.1, -0.05) is 0 Å². The summed E-state index contributed by atoms with van der Waals surface area (Å²) in [6.45, 7) is 4.34. The first kappa shape index (κ1) is 14.3. The molecule has 0 bridgehead atoms. The van der Waals surface area contributed by atoms with Crippen molar-refractivity contribution in [2.45, 2.75) is 32.2 Å². The molecule has 0 aromatic carbocycles. The summed E-state index contributed by atoms with van der Waals surface area (Å²) in [6.07, 6.45) is 3.00. The van der Waals surface area contributed by atoms with E-state index in [0.29, 0.717) is 12.5 Å². The molecule has 0 spiro atoms. The molecule has 3 amide bonds. The average Bonchev–Trinajstić information content (AvgIpc) is 2.55. The number of carbonyl (C=O) groups is 2. The van der Waals surface area contributed by atoms with Crippen molar-refractivity contribution in [1.29, 1.82) is 0 Å². The normalized spacial score (nSPS) is 25.7. The number of hydrogen-bond donors (Lipinski definition) is 2. The summed E-state index contributed by atoms with van der Waals surface area (Å²) in [5.74, 6) is 0.512. The van der Waals surface area contributed by atoms with E-state index in [1.807, 2.05) is 6.92 Å². The number of nitrogens with zero attached hydrogens (tertiary/aromatic N) is 1. The first-order valence-electron chi connectivity index (χ1n) is 6.05. The predicted molar refractivity (Wildman–Crippen MR) is 67.2 cm³/mol. The van der Waals surface area contributed by atoms with E-state index in [-0.39, 0.29) is 30.4 Å². The van der Waals surface area contributed by atoms with Crippen molar-refractivity contribution in [2.24, 2.45) is 5.92 Å². The number of imide groups is 1. The van der Waals surface area contributed by atoms with Crippen LogP contribution in [0.15, 0.2) is 0 Å². The molecule has 98 valence electrons. The lowest BCUT2D eigenvalue weighted by molar-refractivity contribution is -0.127. The molecule has 0 aliphatic carbocycles. The Morgan fingerprint density at radius 2 is 1.94 bits per heavy atom. The van der Waals surface area contributed by atoms with Gasteiger partial charge in [-0.2, -0.15) is 0 Å². The third-order valence-corrected chi connectivity index (χ3v) is 3.45. The molecule has 2 fully saturated rings. The summed E-state index contributed by atoms with van der Waals surface area (Å²) in [4.78, 5) is 24.6. The monoisotopic (exact) mass is 261 g/mol. The topological polar surface area (TPSA) is 61.4 Å². The highest BCUT2D eigenvalue weighted by Gasteiger charge is 2.37. The molecule has 2 aliphatic heterocycles. The van der Waals surface area contributed by atoms with E-state index in [9.17, 15) is 9.59 Å². The number of amides is 3. The second-order valence-corrected chi connectivity index (χ2v) is 4.51. The van der Waals surface area contributed by atoms with E-state index in [0.717, 1.165) is 32.4 Å². The molecule has 1 unspecified atom stereocenters. The van der Waals surface area contributed by atoms with Gasteiger partial charge in [-0.05, 0) is 45.2 Å². The van der Waals surface area contributed by atoms with Gasteiger partial charge in [0.2, 0.25) is 0 Å². The smallest absolute Gasteiger partial charge is 0.324 e. The van der Waals surface area contributed by atoms with Gasteiger partial charge in [-0.25, -0.2) is 4.79 Å². The van der Waals surface area contributed by atoms with Crippen LogP contribution in [-0.2, 0) is 4.79 Å². The number of nitrogens with one attached hydrogen (secondary N) is 2. The maximum atomic E-state index is 11.8. The number of halogens is 1. The molecule has 5 nitrogen and oxygen atoms in total. The Hall–Kier alpha value is -0.810. The van der Waals surface area contributed by atoms with Crippen LogP contribution >= 0.6 is 12.4 Å². The lowest BCUT2D eigenvalue weighted by atomic mass is 9.91. The number of likely N-dealkylation sites (N-methyl/N-ethyl adjacent to an activating group) is 1. The van der Waals surface area contributed by atoms with Crippen LogP contribution < -0.4 is 10.6 Å². The Morgan fingerprint density at radius 3 is 2.47 bits per heavy atom. The fourth-order valence-electron chi connectivity index (χ4n) is 2.49. The maximum Gasteiger partial charge on any atom is 0.324 e. The van der Waals surface area contributed by atoms with Crippen LogP contribution in [0.2, 0.25) is 0 Å². The number of carbonyl (C=O) groups excluding carboxylic acids is 2. The summed E-state index contributed by atoms with van der Waals surface area (Å²) in [5.41, 5.74) is 0. The van der Waals surface area contributed by atoms with E-state index in [1.165, 1.54) is 4.90 Å². The molecule has 2 heterocycles. The minimum Gasteiger partial charge on any atom is -0.326 e. The Balaban J connectivity index is 0.00000144. The van der Waals surface area contributed by atoms with Crippen LogP contribution in [0.5, 0.6) is 0 Å². The zero-order valence-electron chi connectivity index (χ0n) is 10.1. The zero-order chi connectivity index (χ0) is 11.5. The van der Waals surface area contributed by atoms with Crippen molar-refractivity contribution in [3.05, 3.63) is 0 Å². The van der Waals surface area contributed by atoms with Crippen LogP contribution in [0.3, 0.4) is 0 Å². The number of hydrogen-bond acceptors (Lipinski definition) is 3. The Morgan fingerprint density at radius 1 is 1.29 bits per heavy atom. The molecular weight excluding hydrogens is 242 g/mol. The van der Waals surface area contributed by atoms with Gasteiger partial charge in [0.15, 0.2) is 0 Å². The molecule has 2 rings (SSSR count). The Labute approximate surface area is 108 Å². The highest BCUT2D eigenvalue weighted by molar-refractivity contribution is 6.04. The van der Waals surface area contributed by atoms with Crippen LogP contribution in [-0.4, -0.2) is 42.5 Å². The SMILES string of the molecule is CCN1C(=O)NC(CC2CCNCC2)C1=O.Cl. The van der Waals surface area contributed by atoms with Gasteiger partial charge in [0.25, 0.3) is 5.91 Å². The van der Waals surface area contributed by atoms with Gasteiger partial charge >= 0.3 is 6.03 Å². The first-order valence-corrected chi connectivity index (χ1v) is 6.05. The predicted octanol–water partition coefficient (Wildman–Crippen LogP) is 0.738. The third kappa shape index (κ3) is 3.10. The highest BCUT2D eigenvalue weighted by Crippen LogP contribution is 2.21. The van der Waals surface area contributed by atoms with E-state index in [1.54, 1.807) is 0 Å². The van der Waals surface area contributed by atoms with Crippen molar-refractivity contribution in [3.63, 3.8) is 0 Å². The van der Waals surface area contributed by atoms with Crippen LogP contribution in [0.1, 0.15) is 26.2 Å². The van der Waals surface area contributed by atoms with Crippen molar-refractivity contribution in [1.82, 2.24) is 15.5 Å². The lowest BCUT2D eigenvalue weighted by Gasteiger charge is -2.24. The van der Waals surface area contributed by atoms with Crippen molar-refractivity contribution < 1.29 is 9.59 Å². The largest absolute Gasteiger partial charge is 0.326 e. The Bertz CT molecular complexity index is 292. The van der Waals surface area contributed by atoms with Gasteiger partial charge in [0, 0.05) is 6.54 Å². The van der Waals surface area contributed by atoms with E-state index in [2.05, 4.69) is 10.6 Å². The van der Waals surface area contributed by atoms with Gasteiger partial charge < -0.3 is 10.6 Å². The summed E-state index contributed by atoms with van der Waals surface area (Å²) in [6, 6.07) is -0.512. The maximum absolute atomic E-state index is 11.8. The summed E-state index contributed by atoms with van der Waals surface area (Å²) in [5, 5.41) is 6.07. The quantitative estimate of drug-likeness (QED) is 0.737. The highest BCUT2D eigenvalue weighted by atomic mass is 35.5. The second-order valence-electron chi connectivity index (χ2n) is 4.51. The standard InChI is InChI=1S/C11H19N3O2.ClH/c1-2-14-10(15)9(13-11(14)16)7-8-3-5-12-6-4-8;/h8-9,12H,2-7H2,1H3,(H,13,16);1H. The van der Waals surface area contributed by atoms with Gasteiger partial charge in [-0.3, -0.25) is 9.69 Å². The fourth-order valence-corrected chi connectivity index (χ4v) is 2.49. The molecule has 2 N–H and O–H groups in total. The molecule has 6 heteroatoms. The van der Waals surface area contributed by atoms with Crippen molar-refractivity contribution in [3.8, 4) is 0 Å². The van der Waals surface area contributed by atoms with E-state index in [4.69, 9.17) is 0 Å². The minimum absolute atomic E-state index is 0. The molecule has 2 aliphatic rings. The third-order valence-electron chi connectivity index (χ3n) is 3.45. The summed E-state index contributed by atoms with van der Waals surface area (Å²) < 4.78 is 0. The van der Waals surface area contributed by atoms with Crippen molar-refractivity contribution >= 4 is 24.3 Å². The number of rotatable bonds is 3. The molecule has 0 aromatic heterocycles. The van der Waals surface area contributed by atoms with Crippen molar-refractivity contribution in [2.75, 3.05) is 19.6 Å². The molecule has 0 radical (unpaired) electrons. The molecule has 1 atom stereocenters. The van der Waals surface area contributed by atoms with Gasteiger partial charge in [0.1, 0.15) is 6.04 Å². The average molecular weight is 262 g/mol. The number of piperidine rings is 1.